The predicted molar refractivity (Wildman–Crippen MR) is 45.9 cm³/mol. The average molecular weight is 165 g/mol. The minimum atomic E-state index is 0.282. The van der Waals surface area contributed by atoms with Crippen molar-refractivity contribution in [2.24, 2.45) is 0 Å². The van der Waals surface area contributed by atoms with Gasteiger partial charge in [0.15, 0.2) is 6.73 Å². The summed E-state index contributed by atoms with van der Waals surface area (Å²) in [4.78, 5) is 11.9. The lowest BCUT2D eigenvalue weighted by atomic mass is 10.3. The van der Waals surface area contributed by atoms with E-state index in [4.69, 9.17) is 4.74 Å². The molecule has 0 spiro atoms. The van der Waals surface area contributed by atoms with Crippen molar-refractivity contribution in [3.8, 4) is 0 Å². The van der Waals surface area contributed by atoms with Crippen molar-refractivity contribution < 1.29 is 9.53 Å². The summed E-state index contributed by atoms with van der Waals surface area (Å²) in [5, 5.41) is 0. The summed E-state index contributed by atoms with van der Waals surface area (Å²) in [5.41, 5.74) is 0.725. The van der Waals surface area contributed by atoms with Crippen LogP contribution in [0.1, 0.15) is 6.92 Å². The molecule has 0 atom stereocenters. The van der Waals surface area contributed by atoms with Gasteiger partial charge in [0, 0.05) is 0 Å². The van der Waals surface area contributed by atoms with E-state index < -0.39 is 0 Å². The number of hydrogen-bond donors (Lipinski definition) is 0. The standard InChI is InChI=1S/C9H11NO2/c1-3-5-9-8(4-2)10(6-11)7-12-9/h3-6H,2,7H2,1H3/b5-3-. The quantitative estimate of drug-likeness (QED) is 0.592. The van der Waals surface area contributed by atoms with Gasteiger partial charge in [-0.05, 0) is 19.1 Å². The Labute approximate surface area is 71.6 Å². The van der Waals surface area contributed by atoms with Crippen molar-refractivity contribution in [1.82, 2.24) is 4.90 Å². The van der Waals surface area contributed by atoms with Crippen LogP contribution in [0.5, 0.6) is 0 Å². The molecule has 0 bridgehead atoms. The molecule has 0 radical (unpaired) electrons. The van der Waals surface area contributed by atoms with Gasteiger partial charge >= 0.3 is 0 Å². The highest BCUT2D eigenvalue weighted by atomic mass is 16.5. The normalized spacial score (nSPS) is 16.9. The molecule has 64 valence electrons. The van der Waals surface area contributed by atoms with Gasteiger partial charge in [-0.3, -0.25) is 9.69 Å². The molecule has 1 heterocycles. The molecular weight excluding hydrogens is 154 g/mol. The lowest BCUT2D eigenvalue weighted by molar-refractivity contribution is -0.117. The van der Waals surface area contributed by atoms with E-state index in [0.29, 0.717) is 5.76 Å². The fraction of sp³-hybridized carbons (Fsp3) is 0.222. The van der Waals surface area contributed by atoms with E-state index in [-0.39, 0.29) is 6.73 Å². The first-order valence-electron chi connectivity index (χ1n) is 3.67. The maximum absolute atomic E-state index is 10.5. The van der Waals surface area contributed by atoms with Gasteiger partial charge in [0.25, 0.3) is 0 Å². The summed E-state index contributed by atoms with van der Waals surface area (Å²) >= 11 is 0. The maximum Gasteiger partial charge on any atom is 0.216 e. The topological polar surface area (TPSA) is 29.5 Å². The first kappa shape index (κ1) is 8.59. The summed E-state index contributed by atoms with van der Waals surface area (Å²) in [6, 6.07) is 0. The molecule has 12 heavy (non-hydrogen) atoms. The first-order valence-corrected chi connectivity index (χ1v) is 3.67. The molecule has 0 unspecified atom stereocenters. The van der Waals surface area contributed by atoms with Crippen LogP contribution in [-0.2, 0) is 9.53 Å². The zero-order valence-corrected chi connectivity index (χ0v) is 6.99. The highest BCUT2D eigenvalue weighted by Crippen LogP contribution is 2.20. The van der Waals surface area contributed by atoms with Crippen LogP contribution in [-0.4, -0.2) is 18.0 Å². The molecule has 0 aromatic rings. The number of rotatable bonds is 3. The first-order chi connectivity index (χ1) is 5.83. The molecule has 0 aromatic carbocycles. The van der Waals surface area contributed by atoms with Crippen molar-refractivity contribution in [1.29, 1.82) is 0 Å². The summed E-state index contributed by atoms with van der Waals surface area (Å²) in [6.45, 7) is 5.77. The van der Waals surface area contributed by atoms with Gasteiger partial charge in [0.05, 0.1) is 5.70 Å². The van der Waals surface area contributed by atoms with Crippen LogP contribution in [0.15, 0.2) is 36.3 Å². The van der Waals surface area contributed by atoms with Crippen LogP contribution < -0.4 is 0 Å². The molecule has 1 aliphatic heterocycles. The van der Waals surface area contributed by atoms with Crippen molar-refractivity contribution in [3.05, 3.63) is 36.3 Å². The monoisotopic (exact) mass is 165 g/mol. The Morgan fingerprint density at radius 2 is 2.42 bits per heavy atom. The Hall–Kier alpha value is -1.51. The van der Waals surface area contributed by atoms with Crippen LogP contribution in [0.25, 0.3) is 0 Å². The maximum atomic E-state index is 10.5. The highest BCUT2D eigenvalue weighted by Gasteiger charge is 2.18. The van der Waals surface area contributed by atoms with Crippen LogP contribution in [0.2, 0.25) is 0 Å². The largest absolute Gasteiger partial charge is 0.470 e. The van der Waals surface area contributed by atoms with E-state index in [1.165, 1.54) is 4.90 Å². The Balaban J connectivity index is 2.93. The predicted octanol–water partition coefficient (Wildman–Crippen LogP) is 1.41. The van der Waals surface area contributed by atoms with Crippen LogP contribution in [0.3, 0.4) is 0 Å². The molecule has 3 nitrogen and oxygen atoms in total. The molecule has 1 amide bonds. The van der Waals surface area contributed by atoms with Crippen LogP contribution in [0, 0.1) is 0 Å². The van der Waals surface area contributed by atoms with Crippen molar-refractivity contribution in [2.45, 2.75) is 6.92 Å². The second kappa shape index (κ2) is 3.76. The van der Waals surface area contributed by atoms with Gasteiger partial charge in [-0.1, -0.05) is 12.7 Å². The van der Waals surface area contributed by atoms with E-state index in [1.807, 2.05) is 13.0 Å². The van der Waals surface area contributed by atoms with Gasteiger partial charge in [-0.15, -0.1) is 0 Å². The lowest BCUT2D eigenvalue weighted by Crippen LogP contribution is -2.16. The minimum absolute atomic E-state index is 0.282. The summed E-state index contributed by atoms with van der Waals surface area (Å²) in [7, 11) is 0. The van der Waals surface area contributed by atoms with Gasteiger partial charge in [-0.25, -0.2) is 0 Å². The van der Waals surface area contributed by atoms with Crippen molar-refractivity contribution in [2.75, 3.05) is 6.73 Å². The van der Waals surface area contributed by atoms with E-state index in [9.17, 15) is 4.79 Å². The molecule has 1 rings (SSSR count). The number of carbonyl (C=O) groups excluding carboxylic acids is 1. The number of carbonyl (C=O) groups is 1. The third-order valence-electron chi connectivity index (χ3n) is 1.56. The SMILES string of the molecule is C=CC1=C(/C=C\C)OCN1C=O. The van der Waals surface area contributed by atoms with Crippen molar-refractivity contribution >= 4 is 6.41 Å². The second-order valence-corrected chi connectivity index (χ2v) is 2.30. The molecule has 0 saturated carbocycles. The Bertz CT molecular complexity index is 253. The van der Waals surface area contributed by atoms with E-state index in [2.05, 4.69) is 6.58 Å². The zero-order valence-electron chi connectivity index (χ0n) is 6.99. The molecule has 1 aliphatic rings. The minimum Gasteiger partial charge on any atom is -0.470 e. The Morgan fingerprint density at radius 1 is 1.67 bits per heavy atom. The van der Waals surface area contributed by atoms with E-state index in [1.54, 1.807) is 12.2 Å². The third-order valence-corrected chi connectivity index (χ3v) is 1.56. The summed E-state index contributed by atoms with van der Waals surface area (Å²) < 4.78 is 5.22. The van der Waals surface area contributed by atoms with Gasteiger partial charge in [-0.2, -0.15) is 0 Å². The second-order valence-electron chi connectivity index (χ2n) is 2.30. The van der Waals surface area contributed by atoms with Crippen LogP contribution >= 0.6 is 0 Å². The van der Waals surface area contributed by atoms with Gasteiger partial charge in [0.2, 0.25) is 6.41 Å². The molecular formula is C9H11NO2. The third kappa shape index (κ3) is 1.39. The number of allylic oxidation sites excluding steroid dienone is 3. The Morgan fingerprint density at radius 3 is 2.92 bits per heavy atom. The lowest BCUT2D eigenvalue weighted by Gasteiger charge is -2.05. The molecule has 0 N–H and O–H groups in total. The number of hydrogen-bond acceptors (Lipinski definition) is 2. The van der Waals surface area contributed by atoms with Crippen LogP contribution in [0.4, 0.5) is 0 Å². The van der Waals surface area contributed by atoms with E-state index >= 15 is 0 Å². The zero-order chi connectivity index (χ0) is 8.97. The fourth-order valence-corrected chi connectivity index (χ4v) is 1.01. The number of nitrogens with zero attached hydrogens (tertiary/aromatic N) is 1. The smallest absolute Gasteiger partial charge is 0.216 e. The van der Waals surface area contributed by atoms with Gasteiger partial charge < -0.3 is 4.74 Å². The average Bonchev–Trinajstić information content (AvgIpc) is 2.47. The number of amides is 1. The fourth-order valence-electron chi connectivity index (χ4n) is 1.01. The summed E-state index contributed by atoms with van der Waals surface area (Å²) in [6.07, 6.45) is 6.00. The molecule has 0 saturated heterocycles. The summed E-state index contributed by atoms with van der Waals surface area (Å²) in [5.74, 6) is 0.694. The molecule has 0 aromatic heterocycles. The number of ether oxygens (including phenoxy) is 1. The molecule has 3 heteroatoms. The van der Waals surface area contributed by atoms with E-state index in [0.717, 1.165) is 12.1 Å². The van der Waals surface area contributed by atoms with Gasteiger partial charge in [0.1, 0.15) is 5.76 Å². The molecule has 0 aliphatic carbocycles. The Kier molecular flexibility index (Phi) is 2.69. The van der Waals surface area contributed by atoms with Crippen molar-refractivity contribution in [3.63, 3.8) is 0 Å². The molecule has 0 fully saturated rings. The highest BCUT2D eigenvalue weighted by molar-refractivity contribution is 5.54.